The number of nitrogens with zero attached hydrogens (tertiary/aromatic N) is 5. The monoisotopic (exact) mass is 400 g/mol. The lowest BCUT2D eigenvalue weighted by atomic mass is 10.1. The predicted octanol–water partition coefficient (Wildman–Crippen LogP) is -1.27. The molecular formula is C18H20N6O5. The Morgan fingerprint density at radius 2 is 1.83 bits per heavy atom. The Balaban J connectivity index is 1.84. The van der Waals surface area contributed by atoms with Gasteiger partial charge in [0.05, 0.1) is 7.11 Å². The zero-order valence-electron chi connectivity index (χ0n) is 16.2. The van der Waals surface area contributed by atoms with Crippen molar-refractivity contribution in [2.45, 2.75) is 19.0 Å². The molecule has 152 valence electrons. The number of esters is 1. The fraction of sp³-hybridized carbons (Fsp3) is 0.333. The molecule has 0 saturated heterocycles. The van der Waals surface area contributed by atoms with Gasteiger partial charge in [-0.05, 0) is 5.56 Å². The number of hydrogen-bond donors (Lipinski definition) is 1. The molecule has 0 fully saturated rings. The van der Waals surface area contributed by atoms with Crippen molar-refractivity contribution >= 4 is 23.0 Å². The first-order valence-corrected chi connectivity index (χ1v) is 8.73. The van der Waals surface area contributed by atoms with Crippen LogP contribution in [0.15, 0.2) is 39.9 Å². The van der Waals surface area contributed by atoms with Crippen LogP contribution in [0.4, 0.5) is 0 Å². The number of aryl methyl sites for hydroxylation is 1. The largest absolute Gasteiger partial charge is 0.467 e. The molecule has 11 heteroatoms. The number of aromatic nitrogens is 5. The SMILES string of the molecule is COC(=O)[C@H](Cc1ccccc1)NC(=O)Cn1nnc2c1c(=O)n(C)c(=O)n2C. The first kappa shape index (κ1) is 20.0. The summed E-state index contributed by atoms with van der Waals surface area (Å²) in [6.07, 6.45) is 0.244. The van der Waals surface area contributed by atoms with Gasteiger partial charge in [0.25, 0.3) is 5.56 Å². The summed E-state index contributed by atoms with van der Waals surface area (Å²) in [7, 11) is 4.02. The zero-order valence-corrected chi connectivity index (χ0v) is 16.2. The Morgan fingerprint density at radius 3 is 2.48 bits per heavy atom. The van der Waals surface area contributed by atoms with Crippen LogP contribution in [0.5, 0.6) is 0 Å². The topological polar surface area (TPSA) is 130 Å². The molecule has 1 amide bonds. The van der Waals surface area contributed by atoms with Crippen molar-refractivity contribution in [3.8, 4) is 0 Å². The number of nitrogens with one attached hydrogen (secondary N) is 1. The van der Waals surface area contributed by atoms with Gasteiger partial charge in [-0.3, -0.25) is 18.7 Å². The number of benzene rings is 1. The third-order valence-electron chi connectivity index (χ3n) is 4.51. The van der Waals surface area contributed by atoms with Crippen molar-refractivity contribution in [2.24, 2.45) is 14.1 Å². The zero-order chi connectivity index (χ0) is 21.1. The fourth-order valence-electron chi connectivity index (χ4n) is 2.97. The second-order valence-corrected chi connectivity index (χ2v) is 6.46. The third-order valence-corrected chi connectivity index (χ3v) is 4.51. The molecule has 2 aromatic heterocycles. The van der Waals surface area contributed by atoms with Gasteiger partial charge in [-0.25, -0.2) is 14.3 Å². The van der Waals surface area contributed by atoms with Crippen LogP contribution in [-0.4, -0.2) is 49.2 Å². The number of carbonyl (C=O) groups is 2. The van der Waals surface area contributed by atoms with Crippen molar-refractivity contribution in [1.29, 1.82) is 0 Å². The number of amides is 1. The predicted molar refractivity (Wildman–Crippen MR) is 102 cm³/mol. The average Bonchev–Trinajstić information content (AvgIpc) is 3.13. The average molecular weight is 400 g/mol. The summed E-state index contributed by atoms with van der Waals surface area (Å²) in [5, 5.41) is 10.2. The lowest BCUT2D eigenvalue weighted by Crippen LogP contribution is -2.44. The number of fused-ring (bicyclic) bond motifs is 1. The van der Waals surface area contributed by atoms with Crippen molar-refractivity contribution in [1.82, 2.24) is 29.4 Å². The molecule has 0 aliphatic carbocycles. The highest BCUT2D eigenvalue weighted by Gasteiger charge is 2.23. The molecule has 11 nitrogen and oxygen atoms in total. The Hall–Kier alpha value is -3.76. The smallest absolute Gasteiger partial charge is 0.332 e. The van der Waals surface area contributed by atoms with Crippen LogP contribution in [-0.2, 0) is 41.4 Å². The van der Waals surface area contributed by atoms with E-state index in [1.165, 1.54) is 25.8 Å². The molecule has 0 aliphatic rings. The van der Waals surface area contributed by atoms with Gasteiger partial charge in [-0.1, -0.05) is 35.5 Å². The molecule has 0 saturated carbocycles. The highest BCUT2D eigenvalue weighted by molar-refractivity contribution is 5.85. The molecule has 1 atom stereocenters. The lowest BCUT2D eigenvalue weighted by molar-refractivity contribution is -0.145. The quantitative estimate of drug-likeness (QED) is 0.511. The standard InChI is InChI=1S/C18H20N6O5/c1-22-15-14(16(26)23(2)18(22)28)24(21-20-15)10-13(25)19-12(17(27)29-3)9-11-7-5-4-6-8-11/h4-8,12H,9-10H2,1-3H3,(H,19,25)/t12-/m0/s1. The Labute approximate surface area is 164 Å². The second kappa shape index (κ2) is 8.09. The van der Waals surface area contributed by atoms with E-state index in [-0.39, 0.29) is 24.1 Å². The van der Waals surface area contributed by atoms with Gasteiger partial charge in [0.2, 0.25) is 5.91 Å². The van der Waals surface area contributed by atoms with Gasteiger partial charge in [-0.2, -0.15) is 0 Å². The van der Waals surface area contributed by atoms with Crippen molar-refractivity contribution in [3.63, 3.8) is 0 Å². The summed E-state index contributed by atoms with van der Waals surface area (Å²) in [6.45, 7) is -0.355. The van der Waals surface area contributed by atoms with Crippen molar-refractivity contribution in [3.05, 3.63) is 56.7 Å². The first-order chi connectivity index (χ1) is 13.8. The number of hydrogen-bond acceptors (Lipinski definition) is 7. The Bertz CT molecular complexity index is 1180. The number of ether oxygens (including phenoxy) is 1. The molecule has 0 spiro atoms. The first-order valence-electron chi connectivity index (χ1n) is 8.73. The van der Waals surface area contributed by atoms with Crippen LogP contribution in [0.2, 0.25) is 0 Å². The summed E-state index contributed by atoms with van der Waals surface area (Å²) in [6, 6.07) is 8.25. The van der Waals surface area contributed by atoms with Gasteiger partial charge >= 0.3 is 11.7 Å². The minimum Gasteiger partial charge on any atom is -0.467 e. The summed E-state index contributed by atoms with van der Waals surface area (Å²) in [5.74, 6) is -1.15. The molecule has 1 aromatic carbocycles. The molecule has 0 bridgehead atoms. The molecule has 0 radical (unpaired) electrons. The Morgan fingerprint density at radius 1 is 1.14 bits per heavy atom. The van der Waals surface area contributed by atoms with Crippen molar-refractivity contribution < 1.29 is 14.3 Å². The maximum absolute atomic E-state index is 12.5. The molecular weight excluding hydrogens is 380 g/mol. The summed E-state index contributed by atoms with van der Waals surface area (Å²) >= 11 is 0. The van der Waals surface area contributed by atoms with E-state index in [1.807, 2.05) is 30.3 Å². The van der Waals surface area contributed by atoms with Crippen LogP contribution in [0, 0.1) is 0 Å². The van der Waals surface area contributed by atoms with E-state index in [4.69, 9.17) is 4.74 Å². The minimum atomic E-state index is -0.906. The molecule has 29 heavy (non-hydrogen) atoms. The molecule has 2 heterocycles. The van der Waals surface area contributed by atoms with Gasteiger partial charge in [-0.15, -0.1) is 5.10 Å². The second-order valence-electron chi connectivity index (χ2n) is 6.46. The van der Waals surface area contributed by atoms with Crippen LogP contribution >= 0.6 is 0 Å². The van der Waals surface area contributed by atoms with Crippen LogP contribution in [0.1, 0.15) is 5.56 Å². The van der Waals surface area contributed by atoms with Crippen LogP contribution < -0.4 is 16.6 Å². The van der Waals surface area contributed by atoms with E-state index in [0.29, 0.717) is 0 Å². The summed E-state index contributed by atoms with van der Waals surface area (Å²) < 4.78 is 7.96. The molecule has 0 aliphatic heterocycles. The lowest BCUT2D eigenvalue weighted by Gasteiger charge is -2.16. The Kier molecular flexibility index (Phi) is 5.57. The number of rotatable bonds is 6. The molecule has 3 aromatic rings. The van der Waals surface area contributed by atoms with Crippen LogP contribution in [0.25, 0.3) is 11.2 Å². The number of methoxy groups -OCH3 is 1. The summed E-state index contributed by atoms with van der Waals surface area (Å²) in [4.78, 5) is 49.0. The fourth-order valence-corrected chi connectivity index (χ4v) is 2.97. The van der Waals surface area contributed by atoms with E-state index in [2.05, 4.69) is 15.6 Å². The van der Waals surface area contributed by atoms with Gasteiger partial charge in [0.15, 0.2) is 11.2 Å². The maximum Gasteiger partial charge on any atom is 0.332 e. The highest BCUT2D eigenvalue weighted by atomic mass is 16.5. The normalized spacial score (nSPS) is 12.0. The van der Waals surface area contributed by atoms with Gasteiger partial charge < -0.3 is 10.1 Å². The maximum atomic E-state index is 12.5. The van der Waals surface area contributed by atoms with Gasteiger partial charge in [0, 0.05) is 20.5 Å². The van der Waals surface area contributed by atoms with E-state index in [9.17, 15) is 19.2 Å². The molecule has 3 rings (SSSR count). The van der Waals surface area contributed by atoms with E-state index in [1.54, 1.807) is 0 Å². The van der Waals surface area contributed by atoms with Crippen LogP contribution in [0.3, 0.4) is 0 Å². The van der Waals surface area contributed by atoms with E-state index >= 15 is 0 Å². The van der Waals surface area contributed by atoms with E-state index in [0.717, 1.165) is 14.8 Å². The summed E-state index contributed by atoms with van der Waals surface area (Å²) in [5.41, 5.74) is -0.234. The highest BCUT2D eigenvalue weighted by Crippen LogP contribution is 2.06. The minimum absolute atomic E-state index is 0.0161. The van der Waals surface area contributed by atoms with Gasteiger partial charge in [0.1, 0.15) is 12.6 Å². The van der Waals surface area contributed by atoms with E-state index < -0.39 is 29.2 Å². The molecule has 0 unspecified atom stereocenters. The van der Waals surface area contributed by atoms with Crippen molar-refractivity contribution in [2.75, 3.05) is 7.11 Å². The molecule has 1 N–H and O–H groups in total. The third kappa shape index (κ3) is 3.93. The number of carbonyl (C=O) groups excluding carboxylic acids is 2.